The fraction of sp³-hybridized carbons (Fsp3) is 0.600. The summed E-state index contributed by atoms with van der Waals surface area (Å²) in [6.07, 6.45) is 5.25. The number of methoxy groups -OCH3 is 2. The second-order valence-corrected chi connectivity index (χ2v) is 9.42. The van der Waals surface area contributed by atoms with Gasteiger partial charge in [0.2, 0.25) is 5.91 Å². The number of amides is 2. The standard InChI is InChI=1S/C25H35N3O4/c1-6-13-28-23(29)19-14-17-20(31-4)11-12-21(32-5)22(17)27(19)15-25(28,3)24(30)26-18-10-8-7-9-16(18)2/h11-12,14,16,18H,6-10,13,15H2,1-5H3,(H,26,30)/t16-,18-,25+/m0/s1. The van der Waals surface area contributed by atoms with E-state index in [9.17, 15) is 9.59 Å². The fourth-order valence-electron chi connectivity index (χ4n) is 5.38. The van der Waals surface area contributed by atoms with E-state index in [1.165, 1.54) is 6.42 Å². The van der Waals surface area contributed by atoms with Crippen LogP contribution in [0.1, 0.15) is 63.4 Å². The van der Waals surface area contributed by atoms with Crippen LogP contribution in [0.4, 0.5) is 0 Å². The quantitative estimate of drug-likeness (QED) is 0.736. The summed E-state index contributed by atoms with van der Waals surface area (Å²) in [5, 5.41) is 4.12. The van der Waals surface area contributed by atoms with Crippen LogP contribution in [0, 0.1) is 5.92 Å². The minimum Gasteiger partial charge on any atom is -0.496 e. The molecule has 32 heavy (non-hydrogen) atoms. The molecule has 7 heteroatoms. The number of nitrogens with zero attached hydrogens (tertiary/aromatic N) is 2. The van der Waals surface area contributed by atoms with Crippen LogP contribution in [0.25, 0.3) is 10.9 Å². The van der Waals surface area contributed by atoms with E-state index >= 15 is 0 Å². The molecule has 1 aromatic carbocycles. The lowest BCUT2D eigenvalue weighted by Crippen LogP contribution is -2.65. The second-order valence-electron chi connectivity index (χ2n) is 9.42. The molecule has 1 N–H and O–H groups in total. The molecule has 0 spiro atoms. The summed E-state index contributed by atoms with van der Waals surface area (Å²) in [5.74, 6) is 1.58. The first-order valence-corrected chi connectivity index (χ1v) is 11.7. The average molecular weight is 442 g/mol. The lowest BCUT2D eigenvalue weighted by atomic mass is 9.85. The number of carbonyl (C=O) groups is 2. The molecule has 0 radical (unpaired) electrons. The molecule has 2 aromatic rings. The number of aromatic nitrogens is 1. The highest BCUT2D eigenvalue weighted by molar-refractivity contribution is 6.05. The van der Waals surface area contributed by atoms with Gasteiger partial charge in [0.25, 0.3) is 5.91 Å². The zero-order valence-corrected chi connectivity index (χ0v) is 19.9. The fourth-order valence-corrected chi connectivity index (χ4v) is 5.38. The normalized spacial score (nSPS) is 25.5. The summed E-state index contributed by atoms with van der Waals surface area (Å²) in [5.41, 5.74) is 0.362. The second kappa shape index (κ2) is 8.68. The molecule has 4 rings (SSSR count). The number of fused-ring (bicyclic) bond motifs is 3. The lowest BCUT2D eigenvalue weighted by Gasteiger charge is -2.45. The van der Waals surface area contributed by atoms with Gasteiger partial charge in [-0.15, -0.1) is 0 Å². The number of benzene rings is 1. The van der Waals surface area contributed by atoms with Gasteiger partial charge in [-0.3, -0.25) is 9.59 Å². The first-order valence-electron chi connectivity index (χ1n) is 11.7. The molecule has 1 aliphatic heterocycles. The van der Waals surface area contributed by atoms with Crippen molar-refractivity contribution in [3.8, 4) is 11.5 Å². The van der Waals surface area contributed by atoms with E-state index in [0.717, 1.165) is 36.6 Å². The Bertz CT molecular complexity index is 1030. The van der Waals surface area contributed by atoms with Crippen molar-refractivity contribution >= 4 is 22.7 Å². The Morgan fingerprint density at radius 1 is 1.19 bits per heavy atom. The van der Waals surface area contributed by atoms with Crippen LogP contribution < -0.4 is 14.8 Å². The lowest BCUT2D eigenvalue weighted by molar-refractivity contribution is -0.134. The van der Waals surface area contributed by atoms with E-state index in [1.54, 1.807) is 19.1 Å². The van der Waals surface area contributed by atoms with Crippen LogP contribution >= 0.6 is 0 Å². The highest BCUT2D eigenvalue weighted by Gasteiger charge is 2.48. The Balaban J connectivity index is 1.80. The SMILES string of the molecule is CCCN1C(=O)c2cc3c(OC)ccc(OC)c3n2C[C@]1(C)C(=O)N[C@H]1CCCC[C@@H]1C. The Morgan fingerprint density at radius 2 is 1.88 bits per heavy atom. The zero-order valence-electron chi connectivity index (χ0n) is 19.9. The van der Waals surface area contributed by atoms with Crippen LogP contribution in [-0.4, -0.2) is 53.6 Å². The van der Waals surface area contributed by atoms with Crippen molar-refractivity contribution in [1.82, 2.24) is 14.8 Å². The van der Waals surface area contributed by atoms with Gasteiger partial charge in [0.05, 0.1) is 26.3 Å². The molecule has 2 aliphatic rings. The van der Waals surface area contributed by atoms with Gasteiger partial charge in [-0.05, 0) is 50.3 Å². The summed E-state index contributed by atoms with van der Waals surface area (Å²) in [6, 6.07) is 5.71. The smallest absolute Gasteiger partial charge is 0.271 e. The van der Waals surface area contributed by atoms with Gasteiger partial charge >= 0.3 is 0 Å². The van der Waals surface area contributed by atoms with Crippen molar-refractivity contribution < 1.29 is 19.1 Å². The van der Waals surface area contributed by atoms with Gasteiger partial charge < -0.3 is 24.3 Å². The molecule has 3 atom stereocenters. The number of hydrogen-bond acceptors (Lipinski definition) is 4. The third-order valence-corrected chi connectivity index (χ3v) is 7.31. The van der Waals surface area contributed by atoms with E-state index in [-0.39, 0.29) is 17.9 Å². The van der Waals surface area contributed by atoms with Crippen LogP contribution in [0.5, 0.6) is 11.5 Å². The maximum absolute atomic E-state index is 13.7. The predicted octanol–water partition coefficient (Wildman–Crippen LogP) is 3.98. The van der Waals surface area contributed by atoms with Crippen molar-refractivity contribution in [3.05, 3.63) is 23.9 Å². The summed E-state index contributed by atoms with van der Waals surface area (Å²) in [4.78, 5) is 29.2. The van der Waals surface area contributed by atoms with Gasteiger partial charge in [0, 0.05) is 18.0 Å². The van der Waals surface area contributed by atoms with E-state index in [4.69, 9.17) is 9.47 Å². The Labute approximate surface area is 190 Å². The molecular weight excluding hydrogens is 406 g/mol. The van der Waals surface area contributed by atoms with Crippen LogP contribution in [0.3, 0.4) is 0 Å². The molecule has 174 valence electrons. The summed E-state index contributed by atoms with van der Waals surface area (Å²) in [7, 11) is 3.23. The molecule has 2 heterocycles. The monoisotopic (exact) mass is 441 g/mol. The first kappa shape index (κ1) is 22.5. The summed E-state index contributed by atoms with van der Waals surface area (Å²) >= 11 is 0. The van der Waals surface area contributed by atoms with Crippen molar-refractivity contribution in [1.29, 1.82) is 0 Å². The predicted molar refractivity (Wildman–Crippen MR) is 124 cm³/mol. The summed E-state index contributed by atoms with van der Waals surface area (Å²) in [6.45, 7) is 7.03. The van der Waals surface area contributed by atoms with Crippen molar-refractivity contribution in [3.63, 3.8) is 0 Å². The van der Waals surface area contributed by atoms with Gasteiger partial charge in [0.1, 0.15) is 22.7 Å². The van der Waals surface area contributed by atoms with E-state index in [2.05, 4.69) is 12.2 Å². The number of rotatable bonds is 6. The van der Waals surface area contributed by atoms with Crippen molar-refractivity contribution in [2.24, 2.45) is 5.92 Å². The molecule has 0 bridgehead atoms. The van der Waals surface area contributed by atoms with Crippen LogP contribution in [0.2, 0.25) is 0 Å². The molecule has 1 aliphatic carbocycles. The Kier molecular flexibility index (Phi) is 6.10. The third kappa shape index (κ3) is 3.51. The van der Waals surface area contributed by atoms with Crippen molar-refractivity contribution in [2.75, 3.05) is 20.8 Å². The number of carbonyl (C=O) groups excluding carboxylic acids is 2. The molecule has 1 saturated carbocycles. The van der Waals surface area contributed by atoms with Gasteiger partial charge in [-0.2, -0.15) is 0 Å². The topological polar surface area (TPSA) is 72.8 Å². The van der Waals surface area contributed by atoms with Crippen LogP contribution in [0.15, 0.2) is 18.2 Å². The molecular formula is C25H35N3O4. The maximum Gasteiger partial charge on any atom is 0.271 e. The van der Waals surface area contributed by atoms with Gasteiger partial charge in [-0.1, -0.05) is 26.7 Å². The van der Waals surface area contributed by atoms with Crippen molar-refractivity contribution in [2.45, 2.75) is 71.0 Å². The highest BCUT2D eigenvalue weighted by Crippen LogP contribution is 2.40. The number of ether oxygens (including phenoxy) is 2. The highest BCUT2D eigenvalue weighted by atomic mass is 16.5. The molecule has 0 saturated heterocycles. The van der Waals surface area contributed by atoms with E-state index in [1.807, 2.05) is 36.6 Å². The number of nitrogens with one attached hydrogen (secondary N) is 1. The molecule has 7 nitrogen and oxygen atoms in total. The van der Waals surface area contributed by atoms with E-state index < -0.39 is 5.54 Å². The zero-order chi connectivity index (χ0) is 23.0. The van der Waals surface area contributed by atoms with Crippen LogP contribution in [-0.2, 0) is 11.3 Å². The molecule has 2 amide bonds. The van der Waals surface area contributed by atoms with E-state index in [0.29, 0.717) is 36.2 Å². The maximum atomic E-state index is 13.7. The average Bonchev–Trinajstić information content (AvgIpc) is 3.17. The third-order valence-electron chi connectivity index (χ3n) is 7.31. The van der Waals surface area contributed by atoms with Gasteiger partial charge in [0.15, 0.2) is 0 Å². The largest absolute Gasteiger partial charge is 0.496 e. The van der Waals surface area contributed by atoms with Gasteiger partial charge in [-0.25, -0.2) is 0 Å². The minimum atomic E-state index is -0.989. The molecule has 0 unspecified atom stereocenters. The molecule has 1 fully saturated rings. The Hall–Kier alpha value is -2.70. The Morgan fingerprint density at radius 3 is 2.53 bits per heavy atom. The summed E-state index contributed by atoms with van der Waals surface area (Å²) < 4.78 is 13.1. The number of hydrogen-bond donors (Lipinski definition) is 1. The minimum absolute atomic E-state index is 0.0765. The molecule has 1 aromatic heterocycles. The first-order chi connectivity index (χ1) is 15.3.